The third-order valence-corrected chi connectivity index (χ3v) is 2.18. The van der Waals surface area contributed by atoms with E-state index in [9.17, 15) is 14.0 Å². The van der Waals surface area contributed by atoms with Gasteiger partial charge in [-0.25, -0.2) is 4.39 Å². The number of carbonyl (C=O) groups excluding carboxylic acids is 2. The highest BCUT2D eigenvalue weighted by Crippen LogP contribution is 2.11. The van der Waals surface area contributed by atoms with E-state index in [1.54, 1.807) is 6.07 Å². The third kappa shape index (κ3) is 4.10. The molecule has 0 saturated heterocycles. The van der Waals surface area contributed by atoms with Crippen molar-refractivity contribution in [1.82, 2.24) is 5.32 Å². The predicted molar refractivity (Wildman–Crippen MR) is 61.7 cm³/mol. The summed E-state index contributed by atoms with van der Waals surface area (Å²) in [6.45, 7) is 0. The first kappa shape index (κ1) is 13.0. The Balaban J connectivity index is 2.73. The fourth-order valence-electron chi connectivity index (χ4n) is 1.29. The lowest BCUT2D eigenvalue weighted by Crippen LogP contribution is -2.39. The van der Waals surface area contributed by atoms with E-state index in [-0.39, 0.29) is 12.3 Å². The highest BCUT2D eigenvalue weighted by Gasteiger charge is 2.18. The van der Waals surface area contributed by atoms with Crippen LogP contribution in [0, 0.1) is 5.82 Å². The Morgan fingerprint density at radius 1 is 1.47 bits per heavy atom. The molecule has 0 aliphatic carbocycles. The maximum Gasteiger partial charge on any atom is 0.240 e. The van der Waals surface area contributed by atoms with Gasteiger partial charge in [-0.1, -0.05) is 6.07 Å². The number of nitrogens with one attached hydrogen (secondary N) is 2. The summed E-state index contributed by atoms with van der Waals surface area (Å²) in [4.78, 5) is 22.3. The van der Waals surface area contributed by atoms with Gasteiger partial charge in [0.2, 0.25) is 11.8 Å². The molecule has 0 radical (unpaired) electrons. The molecule has 0 bridgehead atoms. The molecule has 4 N–H and O–H groups in total. The first-order valence-corrected chi connectivity index (χ1v) is 5.05. The number of hydrogen-bond acceptors (Lipinski definition) is 3. The van der Waals surface area contributed by atoms with E-state index in [0.717, 1.165) is 0 Å². The van der Waals surface area contributed by atoms with Gasteiger partial charge < -0.3 is 16.4 Å². The lowest BCUT2D eigenvalue weighted by atomic mass is 10.1. The van der Waals surface area contributed by atoms with Crippen molar-refractivity contribution in [3.63, 3.8) is 0 Å². The molecular formula is C11H14FN3O2. The molecule has 17 heavy (non-hydrogen) atoms. The zero-order chi connectivity index (χ0) is 12.8. The van der Waals surface area contributed by atoms with Crippen LogP contribution in [0.4, 0.5) is 10.1 Å². The first-order valence-electron chi connectivity index (χ1n) is 5.05. The maximum absolute atomic E-state index is 12.9. The van der Waals surface area contributed by atoms with Gasteiger partial charge in [0, 0.05) is 12.7 Å². The van der Waals surface area contributed by atoms with Crippen molar-refractivity contribution < 1.29 is 14.0 Å². The fourth-order valence-corrected chi connectivity index (χ4v) is 1.29. The van der Waals surface area contributed by atoms with Crippen LogP contribution in [0.3, 0.4) is 0 Å². The molecule has 5 nitrogen and oxygen atoms in total. The Morgan fingerprint density at radius 3 is 2.71 bits per heavy atom. The number of amides is 2. The normalized spacial score (nSPS) is 11.6. The van der Waals surface area contributed by atoms with Gasteiger partial charge in [0.15, 0.2) is 0 Å². The molecule has 1 rings (SSSR count). The van der Waals surface area contributed by atoms with E-state index >= 15 is 0 Å². The minimum absolute atomic E-state index is 0.0949. The minimum atomic E-state index is -0.864. The number of benzene rings is 1. The molecule has 92 valence electrons. The average Bonchev–Trinajstić information content (AvgIpc) is 2.27. The van der Waals surface area contributed by atoms with Crippen molar-refractivity contribution >= 4 is 17.5 Å². The number of primary amides is 1. The Labute approximate surface area is 98.2 Å². The molecule has 1 atom stereocenters. The van der Waals surface area contributed by atoms with Crippen LogP contribution in [-0.4, -0.2) is 24.9 Å². The summed E-state index contributed by atoms with van der Waals surface area (Å²) < 4.78 is 12.9. The predicted octanol–water partition coefficient (Wildman–Crippen LogP) is 0.228. The Kier molecular flexibility index (Phi) is 4.45. The van der Waals surface area contributed by atoms with Crippen molar-refractivity contribution in [2.75, 3.05) is 12.4 Å². The second-order valence-corrected chi connectivity index (χ2v) is 3.49. The Morgan fingerprint density at radius 2 is 2.18 bits per heavy atom. The van der Waals surface area contributed by atoms with Crippen LogP contribution in [0.25, 0.3) is 0 Å². The largest absolute Gasteiger partial charge is 0.373 e. The molecule has 0 aliphatic heterocycles. The average molecular weight is 239 g/mol. The zero-order valence-corrected chi connectivity index (χ0v) is 9.37. The molecule has 1 aromatic rings. The van der Waals surface area contributed by atoms with Gasteiger partial charge in [0.1, 0.15) is 11.9 Å². The molecule has 0 aromatic heterocycles. The first-order chi connectivity index (χ1) is 8.02. The number of carbonyl (C=O) groups is 2. The zero-order valence-electron chi connectivity index (χ0n) is 9.37. The molecule has 0 spiro atoms. The minimum Gasteiger partial charge on any atom is -0.373 e. The Hall–Kier alpha value is -2.11. The second-order valence-electron chi connectivity index (χ2n) is 3.49. The van der Waals surface area contributed by atoms with E-state index in [4.69, 9.17) is 5.73 Å². The second kappa shape index (κ2) is 5.83. The standard InChI is InChI=1S/C11H14FN3O2/c1-14-10(16)6-9(11(13)17)15-8-4-2-3-7(12)5-8/h2-5,9,15H,6H2,1H3,(H2,13,17)(H,14,16). The molecule has 1 aromatic carbocycles. The van der Waals surface area contributed by atoms with Gasteiger partial charge in [-0.3, -0.25) is 9.59 Å². The van der Waals surface area contributed by atoms with Crippen molar-refractivity contribution in [2.45, 2.75) is 12.5 Å². The summed E-state index contributed by atoms with van der Waals surface area (Å²) in [5.41, 5.74) is 5.55. The summed E-state index contributed by atoms with van der Waals surface area (Å²) in [7, 11) is 1.46. The number of nitrogens with two attached hydrogens (primary N) is 1. The molecule has 6 heteroatoms. The van der Waals surface area contributed by atoms with Gasteiger partial charge in [-0.05, 0) is 18.2 Å². The van der Waals surface area contributed by atoms with Crippen LogP contribution in [0.15, 0.2) is 24.3 Å². The van der Waals surface area contributed by atoms with Crippen molar-refractivity contribution in [3.8, 4) is 0 Å². The van der Waals surface area contributed by atoms with Crippen molar-refractivity contribution in [2.24, 2.45) is 5.73 Å². The topological polar surface area (TPSA) is 84.2 Å². The van der Waals surface area contributed by atoms with Crippen LogP contribution in [0.1, 0.15) is 6.42 Å². The Bertz CT molecular complexity index is 423. The summed E-state index contributed by atoms with van der Waals surface area (Å²) in [5, 5.41) is 5.10. The summed E-state index contributed by atoms with van der Waals surface area (Å²) in [6.07, 6.45) is -0.0949. The number of halogens is 1. The maximum atomic E-state index is 12.9. The highest BCUT2D eigenvalue weighted by molar-refractivity contribution is 5.89. The lowest BCUT2D eigenvalue weighted by Gasteiger charge is -2.15. The van der Waals surface area contributed by atoms with Crippen LogP contribution in [0.2, 0.25) is 0 Å². The summed E-state index contributed by atoms with van der Waals surface area (Å²) in [5.74, 6) is -1.42. The van der Waals surface area contributed by atoms with Crippen molar-refractivity contribution in [1.29, 1.82) is 0 Å². The number of anilines is 1. The molecule has 0 saturated carbocycles. The smallest absolute Gasteiger partial charge is 0.240 e. The van der Waals surface area contributed by atoms with Crippen LogP contribution in [-0.2, 0) is 9.59 Å². The molecule has 0 heterocycles. The van der Waals surface area contributed by atoms with E-state index in [2.05, 4.69) is 10.6 Å². The van der Waals surface area contributed by atoms with Gasteiger partial charge in [0.05, 0.1) is 6.42 Å². The quantitative estimate of drug-likeness (QED) is 0.687. The van der Waals surface area contributed by atoms with E-state index in [0.29, 0.717) is 5.69 Å². The third-order valence-electron chi connectivity index (χ3n) is 2.18. The van der Waals surface area contributed by atoms with Gasteiger partial charge >= 0.3 is 0 Å². The SMILES string of the molecule is CNC(=O)CC(Nc1cccc(F)c1)C(N)=O. The summed E-state index contributed by atoms with van der Waals surface area (Å²) in [6, 6.07) is 4.72. The van der Waals surface area contributed by atoms with Crippen LogP contribution < -0.4 is 16.4 Å². The van der Waals surface area contributed by atoms with Gasteiger partial charge in [-0.15, -0.1) is 0 Å². The monoisotopic (exact) mass is 239 g/mol. The highest BCUT2D eigenvalue weighted by atomic mass is 19.1. The molecule has 2 amide bonds. The van der Waals surface area contributed by atoms with Gasteiger partial charge in [0.25, 0.3) is 0 Å². The molecule has 0 aliphatic rings. The molecular weight excluding hydrogens is 225 g/mol. The number of hydrogen-bond donors (Lipinski definition) is 3. The number of rotatable bonds is 5. The van der Waals surface area contributed by atoms with Gasteiger partial charge in [-0.2, -0.15) is 0 Å². The van der Waals surface area contributed by atoms with E-state index in [1.165, 1.54) is 25.2 Å². The van der Waals surface area contributed by atoms with Crippen LogP contribution in [0.5, 0.6) is 0 Å². The fraction of sp³-hybridized carbons (Fsp3) is 0.273. The van der Waals surface area contributed by atoms with Crippen LogP contribution >= 0.6 is 0 Å². The summed E-state index contributed by atoms with van der Waals surface area (Å²) >= 11 is 0. The van der Waals surface area contributed by atoms with E-state index < -0.39 is 17.8 Å². The molecule has 0 fully saturated rings. The van der Waals surface area contributed by atoms with Crippen molar-refractivity contribution in [3.05, 3.63) is 30.1 Å². The lowest BCUT2D eigenvalue weighted by molar-refractivity contribution is -0.125. The van der Waals surface area contributed by atoms with E-state index in [1.807, 2.05) is 0 Å². The molecule has 1 unspecified atom stereocenters.